The van der Waals surface area contributed by atoms with Crippen LogP contribution in [-0.4, -0.2) is 20.9 Å². The Balaban J connectivity index is 1.83. The summed E-state index contributed by atoms with van der Waals surface area (Å²) in [5, 5.41) is 13.6. The van der Waals surface area contributed by atoms with Gasteiger partial charge in [-0.15, -0.1) is 0 Å². The molecule has 0 saturated carbocycles. The molecule has 100 valence electrons. The summed E-state index contributed by atoms with van der Waals surface area (Å²) in [6.45, 7) is 0. The Morgan fingerprint density at radius 1 is 1.25 bits per heavy atom. The van der Waals surface area contributed by atoms with Gasteiger partial charge in [0.25, 0.3) is 0 Å². The smallest absolute Gasteiger partial charge is 0.331 e. The number of nitrogens with zero attached hydrogens (tertiary/aromatic N) is 2. The summed E-state index contributed by atoms with van der Waals surface area (Å²) >= 11 is 0. The number of hydrogen-bond acceptors (Lipinski definition) is 2. The number of aromatic nitrogens is 2. The van der Waals surface area contributed by atoms with E-state index in [1.54, 1.807) is 12.2 Å². The van der Waals surface area contributed by atoms with Gasteiger partial charge in [0.15, 0.2) is 0 Å². The highest BCUT2D eigenvalue weighted by Gasteiger charge is 2.19. The third-order valence-corrected chi connectivity index (χ3v) is 3.37. The Hall–Kier alpha value is -2.62. The van der Waals surface area contributed by atoms with E-state index in [0.29, 0.717) is 12.0 Å². The van der Waals surface area contributed by atoms with Crippen LogP contribution in [0.2, 0.25) is 0 Å². The zero-order valence-corrected chi connectivity index (χ0v) is 10.8. The second-order valence-electron chi connectivity index (χ2n) is 4.71. The van der Waals surface area contributed by atoms with E-state index in [0.717, 1.165) is 11.4 Å². The van der Waals surface area contributed by atoms with E-state index in [4.69, 9.17) is 5.11 Å². The minimum Gasteiger partial charge on any atom is -0.478 e. The second-order valence-corrected chi connectivity index (χ2v) is 4.71. The monoisotopic (exact) mass is 266 g/mol. The Labute approximate surface area is 116 Å². The van der Waals surface area contributed by atoms with Gasteiger partial charge in [0.1, 0.15) is 0 Å². The molecule has 1 aliphatic carbocycles. The number of hydrogen-bond donors (Lipinski definition) is 1. The van der Waals surface area contributed by atoms with Gasteiger partial charge in [-0.05, 0) is 24.6 Å². The average molecular weight is 266 g/mol. The van der Waals surface area contributed by atoms with E-state index in [2.05, 4.69) is 5.10 Å². The third kappa shape index (κ3) is 2.40. The van der Waals surface area contributed by atoms with Crippen molar-refractivity contribution in [3.63, 3.8) is 0 Å². The Kier molecular flexibility index (Phi) is 3.21. The predicted molar refractivity (Wildman–Crippen MR) is 75.8 cm³/mol. The van der Waals surface area contributed by atoms with E-state index in [-0.39, 0.29) is 5.92 Å². The van der Waals surface area contributed by atoms with E-state index in [9.17, 15) is 4.79 Å². The number of benzene rings is 1. The standard InChI is InChI=1S/C16H14N2O2/c19-16(20)13-6-4-5-12(11-13)15-9-10-18(17-15)14-7-2-1-3-8-14/h1-10,12H,11H2,(H,19,20). The number of carboxylic acid groups (broad SMARTS) is 1. The third-order valence-electron chi connectivity index (χ3n) is 3.37. The molecule has 0 radical (unpaired) electrons. The van der Waals surface area contributed by atoms with Crippen molar-refractivity contribution in [2.75, 3.05) is 0 Å². The van der Waals surface area contributed by atoms with Crippen LogP contribution in [0.25, 0.3) is 5.69 Å². The summed E-state index contributed by atoms with van der Waals surface area (Å²) < 4.78 is 1.81. The lowest BCUT2D eigenvalue weighted by molar-refractivity contribution is -0.132. The second kappa shape index (κ2) is 5.17. The molecule has 4 heteroatoms. The van der Waals surface area contributed by atoms with Gasteiger partial charge in [0.2, 0.25) is 0 Å². The molecule has 1 aromatic carbocycles. The first-order valence-electron chi connectivity index (χ1n) is 6.45. The highest BCUT2D eigenvalue weighted by atomic mass is 16.4. The van der Waals surface area contributed by atoms with Crippen LogP contribution in [0.15, 0.2) is 66.4 Å². The molecular weight excluding hydrogens is 252 g/mol. The molecule has 1 atom stereocenters. The molecule has 2 aromatic rings. The van der Waals surface area contributed by atoms with Gasteiger partial charge in [-0.3, -0.25) is 0 Å². The molecule has 1 heterocycles. The Bertz CT molecular complexity index is 684. The summed E-state index contributed by atoms with van der Waals surface area (Å²) in [4.78, 5) is 11.0. The van der Waals surface area contributed by atoms with Gasteiger partial charge >= 0.3 is 5.97 Å². The minimum atomic E-state index is -0.859. The van der Waals surface area contributed by atoms with Gasteiger partial charge in [0.05, 0.1) is 11.4 Å². The summed E-state index contributed by atoms with van der Waals surface area (Å²) in [5.74, 6) is -0.835. The van der Waals surface area contributed by atoms with Crippen LogP contribution < -0.4 is 0 Å². The molecule has 0 amide bonds. The lowest BCUT2D eigenvalue weighted by Crippen LogP contribution is -2.09. The van der Waals surface area contributed by atoms with Crippen LogP contribution in [0.5, 0.6) is 0 Å². The van der Waals surface area contributed by atoms with Crippen LogP contribution in [-0.2, 0) is 4.79 Å². The lowest BCUT2D eigenvalue weighted by Gasteiger charge is -2.13. The molecule has 4 nitrogen and oxygen atoms in total. The van der Waals surface area contributed by atoms with E-state index < -0.39 is 5.97 Å². The molecule has 0 spiro atoms. The quantitative estimate of drug-likeness (QED) is 0.929. The number of carboxylic acids is 1. The van der Waals surface area contributed by atoms with Crippen molar-refractivity contribution in [1.29, 1.82) is 0 Å². The number of carbonyl (C=O) groups is 1. The van der Waals surface area contributed by atoms with Gasteiger partial charge in [-0.1, -0.05) is 36.4 Å². The molecule has 1 N–H and O–H groups in total. The topological polar surface area (TPSA) is 55.1 Å². The van der Waals surface area contributed by atoms with Crippen LogP contribution >= 0.6 is 0 Å². The zero-order chi connectivity index (χ0) is 13.9. The zero-order valence-electron chi connectivity index (χ0n) is 10.8. The molecule has 1 aliphatic rings. The predicted octanol–water partition coefficient (Wildman–Crippen LogP) is 2.93. The molecule has 0 fully saturated rings. The maximum atomic E-state index is 11.0. The Morgan fingerprint density at radius 2 is 2.05 bits per heavy atom. The fourth-order valence-electron chi connectivity index (χ4n) is 2.30. The van der Waals surface area contributed by atoms with Crippen molar-refractivity contribution in [2.24, 2.45) is 0 Å². The maximum Gasteiger partial charge on any atom is 0.331 e. The maximum absolute atomic E-state index is 11.0. The summed E-state index contributed by atoms with van der Waals surface area (Å²) in [5.41, 5.74) is 2.30. The highest BCUT2D eigenvalue weighted by molar-refractivity contribution is 5.87. The normalized spacial score (nSPS) is 17.8. The van der Waals surface area contributed by atoms with Gasteiger partial charge in [-0.25, -0.2) is 9.48 Å². The molecular formula is C16H14N2O2. The van der Waals surface area contributed by atoms with Gasteiger partial charge in [-0.2, -0.15) is 5.10 Å². The first-order chi connectivity index (χ1) is 9.74. The first kappa shape index (κ1) is 12.4. The number of allylic oxidation sites excluding steroid dienone is 3. The van der Waals surface area contributed by atoms with Gasteiger partial charge in [0, 0.05) is 17.7 Å². The minimum absolute atomic E-state index is 0.0241. The highest BCUT2D eigenvalue weighted by Crippen LogP contribution is 2.27. The lowest BCUT2D eigenvalue weighted by atomic mass is 9.92. The van der Waals surface area contributed by atoms with Crippen LogP contribution in [0.3, 0.4) is 0 Å². The largest absolute Gasteiger partial charge is 0.478 e. The first-order valence-corrected chi connectivity index (χ1v) is 6.45. The van der Waals surface area contributed by atoms with Crippen LogP contribution in [0.4, 0.5) is 0 Å². The van der Waals surface area contributed by atoms with E-state index >= 15 is 0 Å². The van der Waals surface area contributed by atoms with Crippen molar-refractivity contribution >= 4 is 5.97 Å². The van der Waals surface area contributed by atoms with Crippen molar-refractivity contribution in [3.05, 3.63) is 72.1 Å². The molecule has 0 aliphatic heterocycles. The van der Waals surface area contributed by atoms with E-state index in [1.807, 2.05) is 53.4 Å². The van der Waals surface area contributed by atoms with Crippen molar-refractivity contribution < 1.29 is 9.90 Å². The fourth-order valence-corrected chi connectivity index (χ4v) is 2.30. The van der Waals surface area contributed by atoms with Gasteiger partial charge < -0.3 is 5.11 Å². The summed E-state index contributed by atoms with van der Waals surface area (Å²) in [6.07, 6.45) is 7.81. The van der Waals surface area contributed by atoms with E-state index in [1.165, 1.54) is 0 Å². The number of rotatable bonds is 3. The SMILES string of the molecule is O=C(O)C1=CC=CC(c2ccn(-c3ccccc3)n2)C1. The van der Waals surface area contributed by atoms with Crippen molar-refractivity contribution in [2.45, 2.75) is 12.3 Å². The van der Waals surface area contributed by atoms with Crippen LogP contribution in [0, 0.1) is 0 Å². The fraction of sp³-hybridized carbons (Fsp3) is 0.125. The summed E-state index contributed by atoms with van der Waals surface area (Å²) in [7, 11) is 0. The molecule has 0 saturated heterocycles. The number of para-hydroxylation sites is 1. The molecule has 1 aromatic heterocycles. The molecule has 3 rings (SSSR count). The number of aliphatic carboxylic acids is 1. The molecule has 1 unspecified atom stereocenters. The summed E-state index contributed by atoms with van der Waals surface area (Å²) in [6, 6.07) is 11.8. The molecule has 0 bridgehead atoms. The average Bonchev–Trinajstić information content (AvgIpc) is 2.98. The van der Waals surface area contributed by atoms with Crippen LogP contribution in [0.1, 0.15) is 18.0 Å². The molecule has 20 heavy (non-hydrogen) atoms. The van der Waals surface area contributed by atoms with Crippen molar-refractivity contribution in [3.8, 4) is 5.69 Å². The van der Waals surface area contributed by atoms with Crippen molar-refractivity contribution in [1.82, 2.24) is 9.78 Å². The Morgan fingerprint density at radius 3 is 2.80 bits per heavy atom.